The van der Waals surface area contributed by atoms with Gasteiger partial charge in [0.05, 0.1) is 19.0 Å². The van der Waals surface area contributed by atoms with Crippen LogP contribution in [0.25, 0.3) is 0 Å². The van der Waals surface area contributed by atoms with Crippen molar-refractivity contribution >= 4 is 29.1 Å². The van der Waals surface area contributed by atoms with E-state index < -0.39 is 0 Å². The number of anilines is 3. The Morgan fingerprint density at radius 2 is 1.96 bits per heavy atom. The number of hydrogen-bond donors (Lipinski definition) is 1. The molecule has 6 nitrogen and oxygen atoms in total. The van der Waals surface area contributed by atoms with E-state index in [1.165, 1.54) is 0 Å². The van der Waals surface area contributed by atoms with Gasteiger partial charge in [0, 0.05) is 18.1 Å². The van der Waals surface area contributed by atoms with Crippen LogP contribution < -0.4 is 15.0 Å². The summed E-state index contributed by atoms with van der Waals surface area (Å²) in [6, 6.07) is 5.37. The Hall–Kier alpha value is -2.08. The number of ether oxygens (including phenoxy) is 1. The van der Waals surface area contributed by atoms with Crippen molar-refractivity contribution in [2.24, 2.45) is 0 Å². The molecule has 0 spiro atoms. The van der Waals surface area contributed by atoms with Crippen LogP contribution in [0.2, 0.25) is 5.02 Å². The first-order valence-electron chi connectivity index (χ1n) is 7.73. The maximum Gasteiger partial charge on any atom is 0.247 e. The second-order valence-corrected chi connectivity index (χ2v) is 5.53. The molecular weight excluding hydrogens is 314 g/mol. The third kappa shape index (κ3) is 4.69. The molecule has 0 saturated carbocycles. The third-order valence-electron chi connectivity index (χ3n) is 3.24. The predicted molar refractivity (Wildman–Crippen MR) is 93.9 cm³/mol. The fraction of sp³-hybridized carbons (Fsp3) is 0.438. The average Bonchev–Trinajstić information content (AvgIpc) is 2.55. The van der Waals surface area contributed by atoms with Gasteiger partial charge in [0.25, 0.3) is 0 Å². The monoisotopic (exact) mass is 335 g/mol. The van der Waals surface area contributed by atoms with Crippen molar-refractivity contribution in [2.75, 3.05) is 30.4 Å². The topological polar surface area (TPSA) is 63.2 Å². The Bertz CT molecular complexity index is 632. The molecule has 1 N–H and O–H groups in total. The van der Waals surface area contributed by atoms with E-state index in [2.05, 4.69) is 39.2 Å². The maximum atomic E-state index is 6.05. The normalized spacial score (nSPS) is 10.4. The summed E-state index contributed by atoms with van der Waals surface area (Å²) in [6.07, 6.45) is 3.65. The van der Waals surface area contributed by atoms with Crippen LogP contribution in [0, 0.1) is 0 Å². The zero-order valence-corrected chi connectivity index (χ0v) is 14.5. The van der Waals surface area contributed by atoms with Crippen LogP contribution in [0.1, 0.15) is 26.7 Å². The van der Waals surface area contributed by atoms with Crippen molar-refractivity contribution in [3.8, 4) is 5.75 Å². The molecule has 0 atom stereocenters. The number of nitrogens with one attached hydrogen (secondary N) is 1. The van der Waals surface area contributed by atoms with E-state index in [0.29, 0.717) is 22.5 Å². The molecule has 23 heavy (non-hydrogen) atoms. The van der Waals surface area contributed by atoms with Gasteiger partial charge in [0.1, 0.15) is 5.75 Å². The van der Waals surface area contributed by atoms with E-state index in [-0.39, 0.29) is 0 Å². The van der Waals surface area contributed by atoms with Crippen molar-refractivity contribution < 1.29 is 4.74 Å². The molecule has 0 aliphatic carbocycles. The highest BCUT2D eigenvalue weighted by atomic mass is 35.5. The van der Waals surface area contributed by atoms with Crippen molar-refractivity contribution in [1.29, 1.82) is 0 Å². The van der Waals surface area contributed by atoms with E-state index in [4.69, 9.17) is 16.3 Å². The molecule has 0 unspecified atom stereocenters. The number of rotatable bonds is 8. The zero-order valence-electron chi connectivity index (χ0n) is 13.7. The molecule has 0 amide bonds. The molecule has 1 aromatic carbocycles. The molecule has 124 valence electrons. The largest absolute Gasteiger partial charge is 0.495 e. The number of hydrogen-bond acceptors (Lipinski definition) is 6. The van der Waals surface area contributed by atoms with E-state index in [9.17, 15) is 0 Å². The van der Waals surface area contributed by atoms with E-state index in [1.54, 1.807) is 31.5 Å². The summed E-state index contributed by atoms with van der Waals surface area (Å²) in [5.74, 6) is 1.92. The predicted octanol–water partition coefficient (Wildman–Crippen LogP) is 3.90. The van der Waals surface area contributed by atoms with Crippen molar-refractivity contribution in [1.82, 2.24) is 15.2 Å². The number of benzene rings is 1. The standard InChI is InChI=1S/C16H22ClN5O/c1-4-8-22(9-5-2)16-20-15(11-18-21-16)19-13-10-12(17)6-7-14(13)23-3/h6-7,10-11H,4-5,8-9H2,1-3H3,(H,19,20,21). The molecule has 1 aromatic heterocycles. The van der Waals surface area contributed by atoms with Gasteiger partial charge < -0.3 is 15.0 Å². The van der Waals surface area contributed by atoms with Crippen molar-refractivity contribution in [3.63, 3.8) is 0 Å². The minimum Gasteiger partial charge on any atom is -0.495 e. The van der Waals surface area contributed by atoms with Crippen LogP contribution in [0.4, 0.5) is 17.5 Å². The van der Waals surface area contributed by atoms with E-state index in [1.807, 2.05) is 0 Å². The van der Waals surface area contributed by atoms with Crippen LogP contribution >= 0.6 is 11.6 Å². The summed E-state index contributed by atoms with van der Waals surface area (Å²) >= 11 is 6.05. The quantitative estimate of drug-likeness (QED) is 0.789. The second kappa shape index (κ2) is 8.53. The Morgan fingerprint density at radius 1 is 1.22 bits per heavy atom. The van der Waals surface area contributed by atoms with Crippen LogP contribution in [0.3, 0.4) is 0 Å². The number of aromatic nitrogens is 3. The highest BCUT2D eigenvalue weighted by molar-refractivity contribution is 6.31. The van der Waals surface area contributed by atoms with Gasteiger partial charge in [-0.3, -0.25) is 0 Å². The summed E-state index contributed by atoms with van der Waals surface area (Å²) in [6.45, 7) is 6.07. The lowest BCUT2D eigenvalue weighted by Gasteiger charge is -2.21. The first-order chi connectivity index (χ1) is 11.2. The molecule has 0 radical (unpaired) electrons. The molecule has 2 rings (SSSR count). The fourth-order valence-electron chi connectivity index (χ4n) is 2.26. The molecule has 0 aliphatic rings. The van der Waals surface area contributed by atoms with E-state index >= 15 is 0 Å². The van der Waals surface area contributed by atoms with Crippen LogP contribution in [-0.4, -0.2) is 35.4 Å². The van der Waals surface area contributed by atoms with Crippen LogP contribution in [0.15, 0.2) is 24.4 Å². The molecule has 0 saturated heterocycles. The minimum atomic E-state index is 0.604. The van der Waals surface area contributed by atoms with E-state index in [0.717, 1.165) is 31.6 Å². The van der Waals surface area contributed by atoms with Gasteiger partial charge in [0.15, 0.2) is 5.82 Å². The Labute approximate surface area is 141 Å². The number of nitrogens with zero attached hydrogens (tertiary/aromatic N) is 4. The SMILES string of the molecule is CCCN(CCC)c1nncc(Nc2cc(Cl)ccc2OC)n1. The smallest absolute Gasteiger partial charge is 0.247 e. The minimum absolute atomic E-state index is 0.604. The molecule has 0 fully saturated rings. The lowest BCUT2D eigenvalue weighted by Crippen LogP contribution is -2.27. The third-order valence-corrected chi connectivity index (χ3v) is 3.48. The maximum absolute atomic E-state index is 6.05. The first-order valence-corrected chi connectivity index (χ1v) is 8.11. The summed E-state index contributed by atoms with van der Waals surface area (Å²) in [5.41, 5.74) is 0.740. The summed E-state index contributed by atoms with van der Waals surface area (Å²) in [7, 11) is 1.61. The molecule has 7 heteroatoms. The molecule has 2 aromatic rings. The van der Waals surface area contributed by atoms with Gasteiger partial charge in [-0.05, 0) is 31.0 Å². The van der Waals surface area contributed by atoms with Gasteiger partial charge in [-0.25, -0.2) is 0 Å². The van der Waals surface area contributed by atoms with Crippen molar-refractivity contribution in [2.45, 2.75) is 26.7 Å². The molecule has 1 heterocycles. The van der Waals surface area contributed by atoms with Gasteiger partial charge in [-0.15, -0.1) is 5.10 Å². The molecule has 0 bridgehead atoms. The van der Waals surface area contributed by atoms with Gasteiger partial charge in [0.2, 0.25) is 5.95 Å². The van der Waals surface area contributed by atoms with Gasteiger partial charge in [-0.2, -0.15) is 10.1 Å². The first kappa shape index (κ1) is 17.3. The Balaban J connectivity index is 2.24. The average molecular weight is 336 g/mol. The van der Waals surface area contributed by atoms with Gasteiger partial charge in [-0.1, -0.05) is 25.4 Å². The Kier molecular flexibility index (Phi) is 6.40. The zero-order chi connectivity index (χ0) is 16.7. The van der Waals surface area contributed by atoms with Crippen LogP contribution in [-0.2, 0) is 0 Å². The van der Waals surface area contributed by atoms with Crippen LogP contribution in [0.5, 0.6) is 5.75 Å². The Morgan fingerprint density at radius 3 is 2.61 bits per heavy atom. The fourth-order valence-corrected chi connectivity index (χ4v) is 2.43. The summed E-state index contributed by atoms with van der Waals surface area (Å²) in [5, 5.41) is 12.0. The second-order valence-electron chi connectivity index (χ2n) is 5.10. The lowest BCUT2D eigenvalue weighted by atomic mass is 10.3. The number of halogens is 1. The molecular formula is C16H22ClN5O. The lowest BCUT2D eigenvalue weighted by molar-refractivity contribution is 0.417. The highest BCUT2D eigenvalue weighted by Crippen LogP contribution is 2.30. The highest BCUT2D eigenvalue weighted by Gasteiger charge is 2.11. The van der Waals surface area contributed by atoms with Gasteiger partial charge >= 0.3 is 0 Å². The summed E-state index contributed by atoms with van der Waals surface area (Å²) < 4.78 is 5.33. The van der Waals surface area contributed by atoms with Crippen molar-refractivity contribution in [3.05, 3.63) is 29.4 Å². The summed E-state index contributed by atoms with van der Waals surface area (Å²) in [4.78, 5) is 6.69. The molecule has 0 aliphatic heterocycles. The number of methoxy groups -OCH3 is 1.